The molecule has 2 heterocycles. The number of rotatable bonds is 3. The zero-order valence-corrected chi connectivity index (χ0v) is 12.0. The molecular weight excluding hydrogens is 277 g/mol. The molecular formula is C16H21F3N2. The van der Waals surface area contributed by atoms with Crippen LogP contribution in [0.2, 0.25) is 0 Å². The first-order chi connectivity index (χ1) is 10.1. The van der Waals surface area contributed by atoms with Gasteiger partial charge in [0.05, 0.1) is 0 Å². The molecule has 1 N–H and O–H groups in total. The van der Waals surface area contributed by atoms with E-state index in [1.54, 1.807) is 0 Å². The van der Waals surface area contributed by atoms with E-state index in [-0.39, 0.29) is 0 Å². The van der Waals surface area contributed by atoms with Crippen molar-refractivity contribution in [3.05, 3.63) is 35.1 Å². The summed E-state index contributed by atoms with van der Waals surface area (Å²) in [7, 11) is 0. The molecule has 21 heavy (non-hydrogen) atoms. The average Bonchev–Trinajstić information content (AvgIpc) is 2.99. The maximum absolute atomic E-state index is 13.3. The number of likely N-dealkylation sites (tertiary alicyclic amines) is 1. The fourth-order valence-electron chi connectivity index (χ4n) is 3.64. The predicted octanol–water partition coefficient (Wildman–Crippen LogP) is 3.21. The zero-order valence-electron chi connectivity index (χ0n) is 12.0. The first-order valence-electron chi connectivity index (χ1n) is 7.76. The molecule has 5 heteroatoms. The van der Waals surface area contributed by atoms with Gasteiger partial charge in [-0.2, -0.15) is 0 Å². The Labute approximate surface area is 123 Å². The third kappa shape index (κ3) is 3.24. The Kier molecular flexibility index (Phi) is 4.50. The molecule has 0 aromatic heterocycles. The molecule has 0 spiro atoms. The van der Waals surface area contributed by atoms with Crippen LogP contribution in [0.25, 0.3) is 0 Å². The van der Waals surface area contributed by atoms with Gasteiger partial charge in [-0.15, -0.1) is 0 Å². The van der Waals surface area contributed by atoms with E-state index < -0.39 is 17.5 Å². The fraction of sp³-hybridized carbons (Fsp3) is 0.625. The molecule has 1 aromatic carbocycles. The molecule has 2 fully saturated rings. The Balaban J connectivity index is 1.75. The minimum Gasteiger partial charge on any atom is -0.312 e. The van der Waals surface area contributed by atoms with Crippen LogP contribution in [0.1, 0.15) is 37.7 Å². The van der Waals surface area contributed by atoms with E-state index in [4.69, 9.17) is 0 Å². The van der Waals surface area contributed by atoms with Crippen LogP contribution in [0, 0.1) is 17.5 Å². The molecule has 2 aliphatic heterocycles. The van der Waals surface area contributed by atoms with Crippen LogP contribution < -0.4 is 5.32 Å². The van der Waals surface area contributed by atoms with Crippen molar-refractivity contribution in [3.63, 3.8) is 0 Å². The maximum atomic E-state index is 13.3. The summed E-state index contributed by atoms with van der Waals surface area (Å²) in [6.07, 6.45) is 5.77. The van der Waals surface area contributed by atoms with E-state index in [1.165, 1.54) is 12.8 Å². The molecule has 2 saturated heterocycles. The summed E-state index contributed by atoms with van der Waals surface area (Å²) in [4.78, 5) is 2.29. The van der Waals surface area contributed by atoms with Gasteiger partial charge < -0.3 is 5.32 Å². The molecule has 3 rings (SSSR count). The zero-order chi connectivity index (χ0) is 14.8. The molecule has 2 nitrogen and oxygen atoms in total. The standard InChI is InChI=1S/C16H21F3N2/c17-12-8-11(9-13(18)16(12)19)10-21-7-2-1-5-15(21)14-4-3-6-20-14/h8-9,14-15,20H,1-7,10H2. The van der Waals surface area contributed by atoms with Gasteiger partial charge in [0.2, 0.25) is 0 Å². The van der Waals surface area contributed by atoms with Crippen molar-refractivity contribution in [2.24, 2.45) is 0 Å². The lowest BCUT2D eigenvalue weighted by atomic mass is 9.94. The van der Waals surface area contributed by atoms with Gasteiger partial charge >= 0.3 is 0 Å². The van der Waals surface area contributed by atoms with Gasteiger partial charge in [0.15, 0.2) is 17.5 Å². The van der Waals surface area contributed by atoms with Crippen LogP contribution in [0.4, 0.5) is 13.2 Å². The first-order valence-corrected chi connectivity index (χ1v) is 7.76. The maximum Gasteiger partial charge on any atom is 0.194 e. The van der Waals surface area contributed by atoms with E-state index in [1.807, 2.05) is 0 Å². The normalized spacial score (nSPS) is 27.2. The summed E-state index contributed by atoms with van der Waals surface area (Å²) in [5.74, 6) is -3.58. The van der Waals surface area contributed by atoms with E-state index in [2.05, 4.69) is 10.2 Å². The van der Waals surface area contributed by atoms with Crippen molar-refractivity contribution in [1.29, 1.82) is 0 Å². The lowest BCUT2D eigenvalue weighted by Gasteiger charge is -2.39. The summed E-state index contributed by atoms with van der Waals surface area (Å²) in [5, 5.41) is 3.52. The highest BCUT2D eigenvalue weighted by Crippen LogP contribution is 2.26. The lowest BCUT2D eigenvalue weighted by Crippen LogP contribution is -2.49. The molecule has 116 valence electrons. The Hall–Kier alpha value is -1.07. The Bertz CT molecular complexity index is 477. The molecule has 1 aromatic rings. The van der Waals surface area contributed by atoms with Crippen LogP contribution in [0.5, 0.6) is 0 Å². The highest BCUT2D eigenvalue weighted by Gasteiger charge is 2.31. The van der Waals surface area contributed by atoms with E-state index in [9.17, 15) is 13.2 Å². The van der Waals surface area contributed by atoms with Crippen molar-refractivity contribution in [2.45, 2.75) is 50.7 Å². The van der Waals surface area contributed by atoms with E-state index in [0.29, 0.717) is 24.2 Å². The molecule has 0 saturated carbocycles. The Morgan fingerprint density at radius 3 is 2.48 bits per heavy atom. The molecule has 0 amide bonds. The molecule has 2 atom stereocenters. The van der Waals surface area contributed by atoms with Gasteiger partial charge in [-0.3, -0.25) is 4.90 Å². The number of piperidine rings is 1. The minimum absolute atomic E-state index is 0.414. The van der Waals surface area contributed by atoms with Gasteiger partial charge in [0.1, 0.15) is 0 Å². The molecule has 2 aliphatic rings. The molecule has 0 radical (unpaired) electrons. The third-order valence-corrected chi connectivity index (χ3v) is 4.66. The number of hydrogen-bond donors (Lipinski definition) is 1. The third-order valence-electron chi connectivity index (χ3n) is 4.66. The van der Waals surface area contributed by atoms with Crippen LogP contribution >= 0.6 is 0 Å². The van der Waals surface area contributed by atoms with Crippen molar-refractivity contribution < 1.29 is 13.2 Å². The fourth-order valence-corrected chi connectivity index (χ4v) is 3.64. The van der Waals surface area contributed by atoms with Crippen molar-refractivity contribution in [3.8, 4) is 0 Å². The second-order valence-corrected chi connectivity index (χ2v) is 6.11. The van der Waals surface area contributed by atoms with Gasteiger partial charge in [-0.1, -0.05) is 6.42 Å². The van der Waals surface area contributed by atoms with E-state index in [0.717, 1.165) is 44.5 Å². The topological polar surface area (TPSA) is 15.3 Å². The second-order valence-electron chi connectivity index (χ2n) is 6.11. The molecule has 0 aliphatic carbocycles. The number of nitrogens with zero attached hydrogens (tertiary/aromatic N) is 1. The number of hydrogen-bond acceptors (Lipinski definition) is 2. The first kappa shape index (κ1) is 14.9. The summed E-state index contributed by atoms with van der Waals surface area (Å²) < 4.78 is 39.7. The van der Waals surface area contributed by atoms with Crippen LogP contribution in [0.15, 0.2) is 12.1 Å². The van der Waals surface area contributed by atoms with Gasteiger partial charge in [-0.25, -0.2) is 13.2 Å². The summed E-state index contributed by atoms with van der Waals surface area (Å²) in [6.45, 7) is 2.47. The molecule has 0 bridgehead atoms. The van der Waals surface area contributed by atoms with Crippen molar-refractivity contribution in [2.75, 3.05) is 13.1 Å². The highest BCUT2D eigenvalue weighted by molar-refractivity contribution is 5.19. The van der Waals surface area contributed by atoms with Crippen LogP contribution in [-0.4, -0.2) is 30.1 Å². The smallest absolute Gasteiger partial charge is 0.194 e. The predicted molar refractivity (Wildman–Crippen MR) is 75.4 cm³/mol. The largest absolute Gasteiger partial charge is 0.312 e. The summed E-state index contributed by atoms with van der Waals surface area (Å²) in [6, 6.07) is 3.12. The van der Waals surface area contributed by atoms with Gasteiger partial charge in [-0.05, 0) is 56.5 Å². The van der Waals surface area contributed by atoms with Crippen molar-refractivity contribution in [1.82, 2.24) is 10.2 Å². The number of benzene rings is 1. The monoisotopic (exact) mass is 298 g/mol. The average molecular weight is 298 g/mol. The summed E-state index contributed by atoms with van der Waals surface area (Å²) >= 11 is 0. The van der Waals surface area contributed by atoms with Gasteiger partial charge in [0.25, 0.3) is 0 Å². The molecule has 2 unspecified atom stereocenters. The Morgan fingerprint density at radius 2 is 1.81 bits per heavy atom. The van der Waals surface area contributed by atoms with Crippen molar-refractivity contribution >= 4 is 0 Å². The van der Waals surface area contributed by atoms with Crippen LogP contribution in [0.3, 0.4) is 0 Å². The quantitative estimate of drug-likeness (QED) is 0.862. The Morgan fingerprint density at radius 1 is 1.05 bits per heavy atom. The SMILES string of the molecule is Fc1cc(CN2CCCCC2C2CCCN2)cc(F)c1F. The minimum atomic E-state index is -1.38. The second kappa shape index (κ2) is 6.36. The lowest BCUT2D eigenvalue weighted by molar-refractivity contribution is 0.112. The summed E-state index contributed by atoms with van der Waals surface area (Å²) in [5.41, 5.74) is 0.510. The number of halogens is 3. The highest BCUT2D eigenvalue weighted by atomic mass is 19.2. The van der Waals surface area contributed by atoms with E-state index >= 15 is 0 Å². The van der Waals surface area contributed by atoms with Crippen LogP contribution in [-0.2, 0) is 6.54 Å². The number of nitrogens with one attached hydrogen (secondary N) is 1. The van der Waals surface area contributed by atoms with Gasteiger partial charge in [0, 0.05) is 18.6 Å².